The van der Waals surface area contributed by atoms with Gasteiger partial charge in [-0.25, -0.2) is 34.8 Å². The third-order valence-electron chi connectivity index (χ3n) is 4.91. The van der Waals surface area contributed by atoms with Crippen LogP contribution in [0, 0.1) is 5.82 Å². The highest BCUT2D eigenvalue weighted by atomic mass is 32.2. The smallest absolute Gasteiger partial charge is 0.238 e. The fraction of sp³-hybridized carbons (Fsp3) is 0.333. The van der Waals surface area contributed by atoms with Gasteiger partial charge in [-0.3, -0.25) is 0 Å². The third kappa shape index (κ3) is 5.24. The number of hydrogen-bond donors (Lipinski definition) is 2. The molecule has 1 heterocycles. The van der Waals surface area contributed by atoms with Crippen LogP contribution in [0.25, 0.3) is 0 Å². The number of hydrogen-bond acceptors (Lipinski definition) is 7. The summed E-state index contributed by atoms with van der Waals surface area (Å²) in [5, 5.41) is 6.86. The fourth-order valence-electron chi connectivity index (χ4n) is 3.36. The molecule has 0 unspecified atom stereocenters. The number of rotatable bonds is 7. The summed E-state index contributed by atoms with van der Waals surface area (Å²) in [4.78, 5) is -0.150. The zero-order valence-electron chi connectivity index (χ0n) is 15.7. The van der Waals surface area contributed by atoms with Crippen molar-refractivity contribution in [2.45, 2.75) is 27.5 Å². The molecule has 3 N–H and O–H groups in total. The normalized spacial score (nSPS) is 21.5. The largest absolute Gasteiger partial charge is 0.311 e. The average molecular weight is 477 g/mol. The van der Waals surface area contributed by atoms with Gasteiger partial charge in [-0.1, -0.05) is 12.1 Å². The summed E-state index contributed by atoms with van der Waals surface area (Å²) in [6, 6.07) is 9.37. The highest BCUT2D eigenvalue weighted by molar-refractivity contribution is 7.96. The van der Waals surface area contributed by atoms with Crippen LogP contribution in [0.2, 0.25) is 0 Å². The Kier molecular flexibility index (Phi) is 6.35. The lowest BCUT2D eigenvalue weighted by Gasteiger charge is -2.20. The van der Waals surface area contributed by atoms with Crippen LogP contribution in [-0.2, 0) is 36.1 Å². The van der Waals surface area contributed by atoms with Crippen LogP contribution in [0.15, 0.2) is 58.3 Å². The Balaban J connectivity index is 1.71. The maximum Gasteiger partial charge on any atom is 0.238 e. The van der Waals surface area contributed by atoms with Crippen molar-refractivity contribution in [3.8, 4) is 0 Å². The van der Waals surface area contributed by atoms with Gasteiger partial charge in [-0.2, -0.15) is 0 Å². The lowest BCUT2D eigenvalue weighted by atomic mass is 10.1. The molecule has 2 aromatic rings. The van der Waals surface area contributed by atoms with Gasteiger partial charge < -0.3 is 5.32 Å². The molecule has 12 heteroatoms. The Morgan fingerprint density at radius 2 is 1.50 bits per heavy atom. The maximum atomic E-state index is 13.1. The first kappa shape index (κ1) is 22.8. The van der Waals surface area contributed by atoms with Crippen molar-refractivity contribution < 1.29 is 29.6 Å². The van der Waals surface area contributed by atoms with Crippen molar-refractivity contribution >= 4 is 29.7 Å². The Labute approximate surface area is 175 Å². The van der Waals surface area contributed by atoms with Crippen LogP contribution in [0.4, 0.5) is 4.39 Å². The molecule has 2 atom stereocenters. The minimum atomic E-state index is -3.98. The molecule has 3 rings (SSSR count). The number of benzene rings is 2. The van der Waals surface area contributed by atoms with Gasteiger partial charge in [0.1, 0.15) is 5.82 Å². The van der Waals surface area contributed by atoms with Gasteiger partial charge in [-0.05, 0) is 54.9 Å². The van der Waals surface area contributed by atoms with E-state index in [0.717, 1.165) is 29.8 Å². The highest BCUT2D eigenvalue weighted by Crippen LogP contribution is 2.26. The predicted molar refractivity (Wildman–Crippen MR) is 109 cm³/mol. The molecule has 164 valence electrons. The van der Waals surface area contributed by atoms with E-state index in [1.54, 1.807) is 12.1 Å². The zero-order chi connectivity index (χ0) is 22.2. The number of primary sulfonamides is 1. The molecule has 0 saturated carbocycles. The molecule has 1 saturated heterocycles. The summed E-state index contributed by atoms with van der Waals surface area (Å²) in [6.45, 7) is 0.282. The number of sulfonamides is 1. The van der Waals surface area contributed by atoms with Crippen molar-refractivity contribution in [1.29, 1.82) is 0 Å². The topological polar surface area (TPSA) is 140 Å². The molecule has 0 aliphatic carbocycles. The van der Waals surface area contributed by atoms with E-state index in [-0.39, 0.29) is 22.1 Å². The van der Waals surface area contributed by atoms with Crippen molar-refractivity contribution in [1.82, 2.24) is 5.32 Å². The van der Waals surface area contributed by atoms with E-state index < -0.39 is 52.6 Å². The lowest BCUT2D eigenvalue weighted by Crippen LogP contribution is -2.44. The van der Waals surface area contributed by atoms with E-state index in [1.807, 2.05) is 0 Å². The molecular formula is C18H21FN2O6S3. The van der Waals surface area contributed by atoms with Gasteiger partial charge in [0.15, 0.2) is 19.7 Å². The van der Waals surface area contributed by atoms with E-state index in [9.17, 15) is 29.6 Å². The molecule has 2 aromatic carbocycles. The minimum absolute atomic E-state index is 0.0217. The second-order valence-corrected chi connectivity index (χ2v) is 13.0. The molecule has 1 fully saturated rings. The van der Waals surface area contributed by atoms with Crippen molar-refractivity contribution in [3.05, 3.63) is 59.9 Å². The summed E-state index contributed by atoms with van der Waals surface area (Å²) < 4.78 is 85.8. The van der Waals surface area contributed by atoms with Gasteiger partial charge >= 0.3 is 0 Å². The van der Waals surface area contributed by atoms with E-state index >= 15 is 0 Å². The van der Waals surface area contributed by atoms with Crippen LogP contribution in [0.5, 0.6) is 0 Å². The summed E-state index contributed by atoms with van der Waals surface area (Å²) in [5.41, 5.74) is 0.772. The van der Waals surface area contributed by atoms with Crippen LogP contribution in [0.1, 0.15) is 5.56 Å². The molecule has 0 radical (unpaired) electrons. The van der Waals surface area contributed by atoms with E-state index in [4.69, 9.17) is 5.14 Å². The molecule has 30 heavy (non-hydrogen) atoms. The third-order valence-corrected chi connectivity index (χ3v) is 10.0. The maximum absolute atomic E-state index is 13.1. The Hall–Kier alpha value is -1.86. The van der Waals surface area contributed by atoms with Crippen molar-refractivity contribution in [3.63, 3.8) is 0 Å². The second kappa shape index (κ2) is 8.35. The summed E-state index contributed by atoms with van der Waals surface area (Å²) in [7, 11) is -11.3. The van der Waals surface area contributed by atoms with Crippen LogP contribution >= 0.6 is 0 Å². The Bertz CT molecular complexity index is 1230. The molecule has 1 aliphatic rings. The molecule has 0 spiro atoms. The minimum Gasteiger partial charge on any atom is -0.311 e. The van der Waals surface area contributed by atoms with Gasteiger partial charge in [0, 0.05) is 6.04 Å². The van der Waals surface area contributed by atoms with E-state index in [0.29, 0.717) is 6.42 Å². The summed E-state index contributed by atoms with van der Waals surface area (Å²) >= 11 is 0. The second-order valence-electron chi connectivity index (χ2n) is 7.11. The molecular weight excluding hydrogens is 455 g/mol. The fourth-order valence-corrected chi connectivity index (χ4v) is 8.59. The molecule has 0 bridgehead atoms. The lowest BCUT2D eigenvalue weighted by molar-refractivity contribution is 0.528. The molecule has 8 nitrogen and oxygen atoms in total. The van der Waals surface area contributed by atoms with Crippen molar-refractivity contribution in [2.24, 2.45) is 5.14 Å². The first-order chi connectivity index (χ1) is 13.9. The SMILES string of the molecule is NS(=O)(=O)c1ccc(CCN[C@H]2CS(=O)(=O)C[C@@H]2S(=O)(=O)c2ccc(F)cc2)cc1. The monoisotopic (exact) mass is 476 g/mol. The van der Waals surface area contributed by atoms with Gasteiger partial charge in [0.25, 0.3) is 0 Å². The Morgan fingerprint density at radius 3 is 2.07 bits per heavy atom. The highest BCUT2D eigenvalue weighted by Gasteiger charge is 2.45. The number of halogens is 1. The van der Waals surface area contributed by atoms with Crippen molar-refractivity contribution in [2.75, 3.05) is 18.1 Å². The number of nitrogens with two attached hydrogens (primary N) is 1. The van der Waals surface area contributed by atoms with Gasteiger partial charge in [-0.15, -0.1) is 0 Å². The number of nitrogens with one attached hydrogen (secondary N) is 1. The number of sulfone groups is 2. The molecule has 1 aliphatic heterocycles. The Morgan fingerprint density at radius 1 is 0.933 bits per heavy atom. The first-order valence-corrected chi connectivity index (χ1v) is 13.8. The molecule has 0 amide bonds. The van der Waals surface area contributed by atoms with Crippen LogP contribution in [0.3, 0.4) is 0 Å². The van der Waals surface area contributed by atoms with E-state index in [1.165, 1.54) is 12.1 Å². The van der Waals surface area contributed by atoms with Crippen LogP contribution < -0.4 is 10.5 Å². The molecule has 0 aromatic heterocycles. The zero-order valence-corrected chi connectivity index (χ0v) is 18.2. The first-order valence-electron chi connectivity index (χ1n) is 8.93. The quantitative estimate of drug-likeness (QED) is 0.546. The standard InChI is InChI=1S/C18H21FN2O6S3/c19-14-3-7-15(8-4-14)29(24,25)18-12-28(22,23)11-17(18)21-10-9-13-1-5-16(6-2-13)30(20,26)27/h1-8,17-18,21H,9-12H2,(H2,20,26,27)/t17-,18-/m0/s1. The summed E-state index contributed by atoms with van der Waals surface area (Å²) in [5.74, 6) is -1.41. The van der Waals surface area contributed by atoms with Crippen LogP contribution in [-0.4, -0.2) is 54.6 Å². The van der Waals surface area contributed by atoms with E-state index in [2.05, 4.69) is 5.32 Å². The predicted octanol–water partition coefficient (Wildman–Crippen LogP) is 0.245. The average Bonchev–Trinajstić information content (AvgIpc) is 2.97. The summed E-state index contributed by atoms with van der Waals surface area (Å²) in [6.07, 6.45) is 0.421. The van der Waals surface area contributed by atoms with Gasteiger partial charge in [0.05, 0.1) is 26.5 Å². The van der Waals surface area contributed by atoms with Gasteiger partial charge in [0.2, 0.25) is 10.0 Å².